The third kappa shape index (κ3) is 2.73. The molecule has 1 amide bonds. The summed E-state index contributed by atoms with van der Waals surface area (Å²) in [7, 11) is 0. The first-order valence-electron chi connectivity index (χ1n) is 8.21. The second-order valence-corrected chi connectivity index (χ2v) is 6.12. The average molecular weight is 322 g/mol. The summed E-state index contributed by atoms with van der Waals surface area (Å²) < 4.78 is 5.00. The van der Waals surface area contributed by atoms with Crippen LogP contribution in [-0.4, -0.2) is 17.4 Å². The molecule has 2 heterocycles. The van der Waals surface area contributed by atoms with E-state index in [1.54, 1.807) is 6.07 Å². The number of carbonyl (C=O) groups excluding carboxylic acids is 1. The van der Waals surface area contributed by atoms with Crippen molar-refractivity contribution in [3.8, 4) is 0 Å². The van der Waals surface area contributed by atoms with E-state index in [9.17, 15) is 9.59 Å². The minimum absolute atomic E-state index is 0.142. The molecular weight excluding hydrogens is 304 g/mol. The molecule has 0 saturated carbocycles. The number of aromatic amines is 1. The van der Waals surface area contributed by atoms with Crippen molar-refractivity contribution in [2.75, 3.05) is 11.4 Å². The minimum Gasteiger partial charge on any atom is -0.408 e. The Hall–Kier alpha value is -2.82. The number of carbonyl (C=O) groups is 1. The molecule has 2 aromatic carbocycles. The maximum absolute atomic E-state index is 12.7. The van der Waals surface area contributed by atoms with E-state index < -0.39 is 5.76 Å². The van der Waals surface area contributed by atoms with E-state index in [0.29, 0.717) is 23.9 Å². The number of para-hydroxylation sites is 1. The summed E-state index contributed by atoms with van der Waals surface area (Å²) in [5.74, 6) is -0.314. The number of oxazole rings is 1. The highest BCUT2D eigenvalue weighted by Gasteiger charge is 2.21. The molecule has 0 atom stereocenters. The normalized spacial score (nSPS) is 13.9. The SMILES string of the molecule is O=C(CCc1ccc2oc(=O)[nH]c2c1)N1CCCc2ccccc21. The Balaban J connectivity index is 1.49. The van der Waals surface area contributed by atoms with Crippen LogP contribution in [0.4, 0.5) is 5.69 Å². The topological polar surface area (TPSA) is 66.3 Å². The smallest absolute Gasteiger partial charge is 0.408 e. The number of nitrogens with one attached hydrogen (secondary N) is 1. The van der Waals surface area contributed by atoms with Gasteiger partial charge in [-0.3, -0.25) is 9.78 Å². The molecule has 1 aromatic heterocycles. The van der Waals surface area contributed by atoms with Crippen molar-refractivity contribution < 1.29 is 9.21 Å². The maximum atomic E-state index is 12.7. The quantitative estimate of drug-likeness (QED) is 0.806. The van der Waals surface area contributed by atoms with Gasteiger partial charge in [0, 0.05) is 18.7 Å². The number of fused-ring (bicyclic) bond motifs is 2. The van der Waals surface area contributed by atoms with E-state index >= 15 is 0 Å². The lowest BCUT2D eigenvalue weighted by molar-refractivity contribution is -0.118. The zero-order valence-corrected chi connectivity index (χ0v) is 13.2. The van der Waals surface area contributed by atoms with Gasteiger partial charge in [0.1, 0.15) is 0 Å². The number of H-pyrrole nitrogens is 1. The van der Waals surface area contributed by atoms with Gasteiger partial charge in [0.2, 0.25) is 5.91 Å². The number of hydrogen-bond donors (Lipinski definition) is 1. The third-order valence-electron chi connectivity index (χ3n) is 4.52. The Morgan fingerprint density at radius 1 is 1.21 bits per heavy atom. The number of anilines is 1. The first-order chi connectivity index (χ1) is 11.7. The van der Waals surface area contributed by atoms with Crippen molar-refractivity contribution in [2.45, 2.75) is 25.7 Å². The second kappa shape index (κ2) is 6.00. The van der Waals surface area contributed by atoms with Gasteiger partial charge in [-0.1, -0.05) is 24.3 Å². The Morgan fingerprint density at radius 3 is 3.00 bits per heavy atom. The van der Waals surface area contributed by atoms with Crippen LogP contribution in [0.15, 0.2) is 51.7 Å². The number of aromatic nitrogens is 1. The molecule has 0 saturated heterocycles. The lowest BCUT2D eigenvalue weighted by Crippen LogP contribution is -2.35. The Labute approximate surface area is 138 Å². The van der Waals surface area contributed by atoms with Gasteiger partial charge < -0.3 is 9.32 Å². The van der Waals surface area contributed by atoms with Crippen molar-refractivity contribution in [3.63, 3.8) is 0 Å². The van der Waals surface area contributed by atoms with Crippen molar-refractivity contribution in [1.82, 2.24) is 4.98 Å². The fourth-order valence-corrected chi connectivity index (χ4v) is 3.33. The molecule has 4 rings (SSSR count). The number of nitrogens with zero attached hydrogens (tertiary/aromatic N) is 1. The molecule has 3 aromatic rings. The van der Waals surface area contributed by atoms with Gasteiger partial charge in [-0.15, -0.1) is 0 Å². The van der Waals surface area contributed by atoms with Crippen LogP contribution in [0.3, 0.4) is 0 Å². The predicted molar refractivity (Wildman–Crippen MR) is 92.3 cm³/mol. The molecule has 24 heavy (non-hydrogen) atoms. The van der Waals surface area contributed by atoms with Crippen molar-refractivity contribution in [1.29, 1.82) is 0 Å². The van der Waals surface area contributed by atoms with Crippen LogP contribution in [0, 0.1) is 0 Å². The molecule has 5 heteroatoms. The van der Waals surface area contributed by atoms with E-state index in [4.69, 9.17) is 4.42 Å². The van der Waals surface area contributed by atoms with Crippen LogP contribution in [0.1, 0.15) is 24.0 Å². The summed E-state index contributed by atoms with van der Waals surface area (Å²) in [6.07, 6.45) is 3.12. The summed E-state index contributed by atoms with van der Waals surface area (Å²) >= 11 is 0. The van der Waals surface area contributed by atoms with Crippen LogP contribution in [-0.2, 0) is 17.6 Å². The zero-order valence-electron chi connectivity index (χ0n) is 13.2. The number of rotatable bonds is 3. The van der Waals surface area contributed by atoms with E-state index in [-0.39, 0.29) is 5.91 Å². The first kappa shape index (κ1) is 14.8. The standard InChI is InChI=1S/C19H18N2O3/c22-18(21-11-3-5-14-4-1-2-6-16(14)21)10-8-13-7-9-17-15(12-13)20-19(23)24-17/h1-2,4,6-7,9,12H,3,5,8,10-11H2,(H,20,23). The van der Waals surface area contributed by atoms with Gasteiger partial charge in [-0.2, -0.15) is 0 Å². The first-order valence-corrected chi connectivity index (χ1v) is 8.21. The summed E-state index contributed by atoms with van der Waals surface area (Å²) in [5, 5.41) is 0. The molecule has 122 valence electrons. The van der Waals surface area contributed by atoms with Gasteiger partial charge in [0.05, 0.1) is 5.52 Å². The number of hydrogen-bond acceptors (Lipinski definition) is 3. The maximum Gasteiger partial charge on any atom is 0.417 e. The monoisotopic (exact) mass is 322 g/mol. The molecule has 1 N–H and O–H groups in total. The molecule has 0 unspecified atom stereocenters. The van der Waals surface area contributed by atoms with Crippen LogP contribution in [0.25, 0.3) is 11.1 Å². The van der Waals surface area contributed by atoms with E-state index in [2.05, 4.69) is 11.1 Å². The highest BCUT2D eigenvalue weighted by Crippen LogP contribution is 2.27. The van der Waals surface area contributed by atoms with E-state index in [1.165, 1.54) is 5.56 Å². The summed E-state index contributed by atoms with van der Waals surface area (Å²) in [6.45, 7) is 0.782. The zero-order chi connectivity index (χ0) is 16.5. The van der Waals surface area contributed by atoms with Crippen LogP contribution in [0.5, 0.6) is 0 Å². The molecule has 0 bridgehead atoms. The molecule has 0 fully saturated rings. The Morgan fingerprint density at radius 2 is 2.08 bits per heavy atom. The molecule has 0 aliphatic carbocycles. The highest BCUT2D eigenvalue weighted by molar-refractivity contribution is 5.94. The van der Waals surface area contributed by atoms with Crippen LogP contribution in [0.2, 0.25) is 0 Å². The van der Waals surface area contributed by atoms with E-state index in [0.717, 1.165) is 30.6 Å². The molecule has 1 aliphatic rings. The molecule has 0 radical (unpaired) electrons. The Bertz CT molecular complexity index is 954. The van der Waals surface area contributed by atoms with Gasteiger partial charge in [-0.05, 0) is 48.6 Å². The third-order valence-corrected chi connectivity index (χ3v) is 4.52. The van der Waals surface area contributed by atoms with Crippen molar-refractivity contribution in [2.24, 2.45) is 0 Å². The fourth-order valence-electron chi connectivity index (χ4n) is 3.33. The van der Waals surface area contributed by atoms with Crippen LogP contribution >= 0.6 is 0 Å². The van der Waals surface area contributed by atoms with E-state index in [1.807, 2.05) is 35.2 Å². The van der Waals surface area contributed by atoms with Gasteiger partial charge in [0.15, 0.2) is 5.58 Å². The van der Waals surface area contributed by atoms with Gasteiger partial charge >= 0.3 is 5.76 Å². The summed E-state index contributed by atoms with van der Waals surface area (Å²) in [4.78, 5) is 28.4. The predicted octanol–water partition coefficient (Wildman–Crippen LogP) is 3.03. The van der Waals surface area contributed by atoms with Crippen molar-refractivity contribution >= 4 is 22.7 Å². The molecule has 5 nitrogen and oxygen atoms in total. The number of amides is 1. The molecular formula is C19H18N2O3. The van der Waals surface area contributed by atoms with Gasteiger partial charge in [-0.25, -0.2) is 4.79 Å². The largest absolute Gasteiger partial charge is 0.417 e. The summed E-state index contributed by atoms with van der Waals surface area (Å²) in [5.41, 5.74) is 4.52. The van der Waals surface area contributed by atoms with Gasteiger partial charge in [0.25, 0.3) is 0 Å². The Kier molecular flexibility index (Phi) is 3.69. The lowest BCUT2D eigenvalue weighted by Gasteiger charge is -2.29. The highest BCUT2D eigenvalue weighted by atomic mass is 16.4. The average Bonchev–Trinajstić information content (AvgIpc) is 2.98. The second-order valence-electron chi connectivity index (χ2n) is 6.12. The van der Waals surface area contributed by atoms with Crippen LogP contribution < -0.4 is 10.7 Å². The minimum atomic E-state index is -0.455. The number of benzene rings is 2. The van der Waals surface area contributed by atoms with Crippen molar-refractivity contribution in [3.05, 3.63) is 64.1 Å². The summed E-state index contributed by atoms with van der Waals surface area (Å²) in [6, 6.07) is 13.7. The molecule has 1 aliphatic heterocycles. The molecule has 0 spiro atoms. The number of aryl methyl sites for hydroxylation is 2. The lowest BCUT2D eigenvalue weighted by atomic mass is 10.0. The fraction of sp³-hybridized carbons (Fsp3) is 0.263.